The van der Waals surface area contributed by atoms with Crippen molar-refractivity contribution < 1.29 is 18.3 Å². The Morgan fingerprint density at radius 2 is 1.90 bits per heavy atom. The fourth-order valence-electron chi connectivity index (χ4n) is 3.15. The molecule has 2 aromatic rings. The Morgan fingerprint density at radius 3 is 2.62 bits per heavy atom. The summed E-state index contributed by atoms with van der Waals surface area (Å²) in [5.41, 5.74) is 1.49. The summed E-state index contributed by atoms with van der Waals surface area (Å²) < 4.78 is 27.0. The van der Waals surface area contributed by atoms with Crippen LogP contribution in [0.15, 0.2) is 58.4 Å². The van der Waals surface area contributed by atoms with Crippen LogP contribution < -0.4 is 10.0 Å². The standard InChI is InChI=1S/C21H25N3O4S/c1-2-3-7-18(21(26)22-14-13-15-9-11-16(25)12-10-15)23-20-17-6-4-5-8-19(17)29(27,28)24-20/h4-6,8-12,18,25H,2-3,7,13-14H2,1H3,(H,22,26)(H,23,24)/t18-/m0/s1. The zero-order chi connectivity index (χ0) is 20.9. The third-order valence-electron chi connectivity index (χ3n) is 4.73. The van der Waals surface area contributed by atoms with Gasteiger partial charge in [-0.25, -0.2) is 8.42 Å². The molecule has 0 radical (unpaired) electrons. The maximum absolute atomic E-state index is 12.7. The largest absolute Gasteiger partial charge is 0.508 e. The lowest BCUT2D eigenvalue weighted by atomic mass is 10.1. The molecule has 8 heteroatoms. The second-order valence-electron chi connectivity index (χ2n) is 6.94. The Balaban J connectivity index is 1.71. The van der Waals surface area contributed by atoms with Crippen molar-refractivity contribution in [3.05, 3.63) is 59.7 Å². The van der Waals surface area contributed by atoms with Gasteiger partial charge in [-0.05, 0) is 42.7 Å². The Labute approximate surface area is 170 Å². The van der Waals surface area contributed by atoms with Crippen LogP contribution in [0.2, 0.25) is 0 Å². The molecule has 0 saturated carbocycles. The Kier molecular flexibility index (Phi) is 6.53. The summed E-state index contributed by atoms with van der Waals surface area (Å²) in [6, 6.07) is 12.8. The van der Waals surface area contributed by atoms with E-state index in [0.29, 0.717) is 24.9 Å². The fourth-order valence-corrected chi connectivity index (χ4v) is 4.39. The first-order chi connectivity index (χ1) is 13.9. The smallest absolute Gasteiger partial charge is 0.263 e. The number of aromatic hydroxyl groups is 1. The van der Waals surface area contributed by atoms with Crippen LogP contribution >= 0.6 is 0 Å². The first kappa shape index (κ1) is 20.9. The number of nitrogens with one attached hydrogen (secondary N) is 2. The molecule has 0 fully saturated rings. The van der Waals surface area contributed by atoms with Crippen molar-refractivity contribution in [2.24, 2.45) is 4.99 Å². The molecular formula is C21H25N3O4S. The Hall–Kier alpha value is -2.87. The van der Waals surface area contributed by atoms with Crippen LogP contribution in [0.4, 0.5) is 0 Å². The first-order valence-corrected chi connectivity index (χ1v) is 11.1. The molecule has 0 aromatic heterocycles. The summed E-state index contributed by atoms with van der Waals surface area (Å²) >= 11 is 0. The molecule has 3 N–H and O–H groups in total. The van der Waals surface area contributed by atoms with Gasteiger partial charge in [0.05, 0.1) is 4.90 Å². The van der Waals surface area contributed by atoms with Gasteiger partial charge in [-0.15, -0.1) is 0 Å². The van der Waals surface area contributed by atoms with E-state index < -0.39 is 16.1 Å². The number of sulfonamides is 1. The molecule has 0 bridgehead atoms. The van der Waals surface area contributed by atoms with Gasteiger partial charge in [0.25, 0.3) is 10.0 Å². The molecule has 0 aliphatic carbocycles. The highest BCUT2D eigenvalue weighted by atomic mass is 32.2. The van der Waals surface area contributed by atoms with E-state index in [0.717, 1.165) is 18.4 Å². The Bertz CT molecular complexity index is 1000. The number of amides is 1. The van der Waals surface area contributed by atoms with E-state index in [1.165, 1.54) is 6.07 Å². The number of carbonyl (C=O) groups excluding carboxylic acids is 1. The van der Waals surface area contributed by atoms with Crippen LogP contribution in [0.5, 0.6) is 5.75 Å². The van der Waals surface area contributed by atoms with Gasteiger partial charge in [0.15, 0.2) is 0 Å². The number of phenolic OH excluding ortho intramolecular Hbond substituents is 1. The van der Waals surface area contributed by atoms with Gasteiger partial charge in [0.1, 0.15) is 17.6 Å². The van der Waals surface area contributed by atoms with Gasteiger partial charge in [0.2, 0.25) is 5.91 Å². The summed E-state index contributed by atoms with van der Waals surface area (Å²) in [4.78, 5) is 17.4. The van der Waals surface area contributed by atoms with E-state index in [1.807, 2.05) is 6.92 Å². The SMILES string of the molecule is CCCC[C@H](N=C1NS(=O)(=O)c2ccccc21)C(=O)NCCc1ccc(O)cc1. The number of carbonyl (C=O) groups is 1. The second kappa shape index (κ2) is 9.09. The predicted molar refractivity (Wildman–Crippen MR) is 111 cm³/mol. The van der Waals surface area contributed by atoms with Crippen LogP contribution in [-0.2, 0) is 21.2 Å². The van der Waals surface area contributed by atoms with E-state index in [1.54, 1.807) is 42.5 Å². The van der Waals surface area contributed by atoms with Gasteiger partial charge in [-0.2, -0.15) is 0 Å². The number of rotatable bonds is 8. The van der Waals surface area contributed by atoms with E-state index in [2.05, 4.69) is 15.0 Å². The predicted octanol–water partition coefficient (Wildman–Crippen LogP) is 2.35. The van der Waals surface area contributed by atoms with E-state index in [9.17, 15) is 18.3 Å². The minimum absolute atomic E-state index is 0.181. The van der Waals surface area contributed by atoms with Crippen LogP contribution in [0.1, 0.15) is 37.3 Å². The minimum Gasteiger partial charge on any atom is -0.508 e. The van der Waals surface area contributed by atoms with Crippen molar-refractivity contribution in [1.29, 1.82) is 0 Å². The summed E-state index contributed by atoms with van der Waals surface area (Å²) in [5.74, 6) is 0.191. The van der Waals surface area contributed by atoms with Gasteiger partial charge in [0, 0.05) is 12.1 Å². The molecule has 7 nitrogen and oxygen atoms in total. The average Bonchev–Trinajstić information content (AvgIpc) is 2.97. The minimum atomic E-state index is -3.64. The number of phenols is 1. The molecule has 2 aromatic carbocycles. The molecular weight excluding hydrogens is 390 g/mol. The number of hydrogen-bond acceptors (Lipinski definition) is 5. The highest BCUT2D eigenvalue weighted by Gasteiger charge is 2.31. The molecule has 1 heterocycles. The summed E-state index contributed by atoms with van der Waals surface area (Å²) in [6.45, 7) is 2.46. The molecule has 0 saturated heterocycles. The van der Waals surface area contributed by atoms with Crippen LogP contribution in [0.25, 0.3) is 0 Å². The van der Waals surface area contributed by atoms with Crippen LogP contribution in [-0.4, -0.2) is 37.9 Å². The van der Waals surface area contributed by atoms with Crippen molar-refractivity contribution >= 4 is 21.8 Å². The van der Waals surface area contributed by atoms with E-state index in [-0.39, 0.29) is 22.4 Å². The van der Waals surface area contributed by atoms with Crippen molar-refractivity contribution in [2.45, 2.75) is 43.5 Å². The Morgan fingerprint density at radius 1 is 1.17 bits per heavy atom. The van der Waals surface area contributed by atoms with Crippen LogP contribution in [0.3, 0.4) is 0 Å². The molecule has 1 atom stereocenters. The summed E-state index contributed by atoms with van der Waals surface area (Å²) in [5, 5.41) is 12.2. The molecule has 1 amide bonds. The molecule has 0 spiro atoms. The molecule has 29 heavy (non-hydrogen) atoms. The summed E-state index contributed by atoms with van der Waals surface area (Å²) in [7, 11) is -3.64. The normalized spacial score (nSPS) is 16.8. The van der Waals surface area contributed by atoms with Crippen molar-refractivity contribution in [3.8, 4) is 5.75 Å². The topological polar surface area (TPSA) is 108 Å². The number of unbranched alkanes of at least 4 members (excludes halogenated alkanes) is 1. The van der Waals surface area contributed by atoms with E-state index >= 15 is 0 Å². The monoisotopic (exact) mass is 415 g/mol. The van der Waals surface area contributed by atoms with Gasteiger partial charge in [-0.3, -0.25) is 14.5 Å². The number of aliphatic imine (C=N–C) groups is 1. The quantitative estimate of drug-likeness (QED) is 0.615. The molecule has 1 aliphatic rings. The zero-order valence-electron chi connectivity index (χ0n) is 16.3. The third-order valence-corrected chi connectivity index (χ3v) is 6.13. The lowest BCUT2D eigenvalue weighted by molar-refractivity contribution is -0.122. The van der Waals surface area contributed by atoms with Gasteiger partial charge >= 0.3 is 0 Å². The molecule has 154 valence electrons. The summed E-state index contributed by atoms with van der Waals surface area (Å²) in [6.07, 6.45) is 2.87. The van der Waals surface area contributed by atoms with Crippen molar-refractivity contribution in [2.75, 3.05) is 6.54 Å². The average molecular weight is 416 g/mol. The lowest BCUT2D eigenvalue weighted by Gasteiger charge is -2.14. The number of benzene rings is 2. The van der Waals surface area contributed by atoms with Crippen molar-refractivity contribution in [3.63, 3.8) is 0 Å². The number of amidine groups is 1. The third kappa shape index (κ3) is 5.14. The maximum atomic E-state index is 12.7. The highest BCUT2D eigenvalue weighted by Crippen LogP contribution is 2.23. The molecule has 3 rings (SSSR count). The number of hydrogen-bond donors (Lipinski definition) is 3. The van der Waals surface area contributed by atoms with Gasteiger partial charge < -0.3 is 10.4 Å². The number of nitrogens with zero attached hydrogens (tertiary/aromatic N) is 1. The van der Waals surface area contributed by atoms with Crippen molar-refractivity contribution in [1.82, 2.24) is 10.0 Å². The highest BCUT2D eigenvalue weighted by molar-refractivity contribution is 7.90. The first-order valence-electron chi connectivity index (χ1n) is 9.66. The van der Waals surface area contributed by atoms with Crippen LogP contribution in [0, 0.1) is 0 Å². The van der Waals surface area contributed by atoms with Gasteiger partial charge in [-0.1, -0.05) is 44.0 Å². The fraction of sp³-hybridized carbons (Fsp3) is 0.333. The lowest BCUT2D eigenvalue weighted by Crippen LogP contribution is -2.36. The molecule has 1 aliphatic heterocycles. The maximum Gasteiger partial charge on any atom is 0.263 e. The van der Waals surface area contributed by atoms with E-state index in [4.69, 9.17) is 0 Å². The number of fused-ring (bicyclic) bond motifs is 1. The second-order valence-corrected chi connectivity index (χ2v) is 8.60. The molecule has 0 unspecified atom stereocenters. The zero-order valence-corrected chi connectivity index (χ0v) is 17.1.